The van der Waals surface area contributed by atoms with Crippen molar-refractivity contribution in [1.82, 2.24) is 4.90 Å². The summed E-state index contributed by atoms with van der Waals surface area (Å²) < 4.78 is 16.7. The normalized spacial score (nSPS) is 14.8. The van der Waals surface area contributed by atoms with Crippen LogP contribution in [0, 0.1) is 6.92 Å². The summed E-state index contributed by atoms with van der Waals surface area (Å²) in [4.78, 5) is 37.9. The summed E-state index contributed by atoms with van der Waals surface area (Å²) in [6, 6.07) is 11.3. The van der Waals surface area contributed by atoms with Gasteiger partial charge in [-0.15, -0.1) is 0 Å². The number of aryl methyl sites for hydroxylation is 1. The number of thioether (sulfide) groups is 1. The van der Waals surface area contributed by atoms with Crippen LogP contribution in [0.2, 0.25) is 5.02 Å². The largest absolute Gasteiger partial charge is 0.490 e. The lowest BCUT2D eigenvalue weighted by Crippen LogP contribution is -2.35. The minimum atomic E-state index is -0.643. The second-order valence-electron chi connectivity index (χ2n) is 7.85. The van der Waals surface area contributed by atoms with Gasteiger partial charge < -0.3 is 14.2 Å². The van der Waals surface area contributed by atoms with Crippen LogP contribution in [0.5, 0.6) is 11.5 Å². The van der Waals surface area contributed by atoms with E-state index in [1.807, 2.05) is 38.1 Å². The molecule has 1 heterocycles. The molecule has 0 bridgehead atoms. The number of amides is 2. The molecule has 0 radical (unpaired) electrons. The predicted molar refractivity (Wildman–Crippen MR) is 132 cm³/mol. The van der Waals surface area contributed by atoms with Crippen LogP contribution in [-0.2, 0) is 20.9 Å². The van der Waals surface area contributed by atoms with E-state index in [2.05, 4.69) is 0 Å². The number of ether oxygens (including phenoxy) is 3. The molecule has 0 aliphatic carbocycles. The Hall–Kier alpha value is -2.97. The third-order valence-electron chi connectivity index (χ3n) is 4.62. The number of halogens is 1. The standard InChI is InChI=1S/C25H26ClNO6S/c1-5-31-20-11-18(10-19(26)23(20)32-14-17-8-6-7-16(4)9-17)12-21-24(29)27(25(30)34-21)13-22(28)33-15(2)3/h6-12,15H,5,13-14H2,1-4H3/b21-12+. The molecule has 0 spiro atoms. The zero-order valence-electron chi connectivity index (χ0n) is 19.4. The lowest BCUT2D eigenvalue weighted by molar-refractivity contribution is -0.149. The van der Waals surface area contributed by atoms with E-state index in [4.69, 9.17) is 25.8 Å². The van der Waals surface area contributed by atoms with Crippen LogP contribution in [0.15, 0.2) is 41.3 Å². The highest BCUT2D eigenvalue weighted by atomic mass is 35.5. The molecule has 9 heteroatoms. The van der Waals surface area contributed by atoms with Crippen molar-refractivity contribution >= 4 is 46.6 Å². The van der Waals surface area contributed by atoms with Gasteiger partial charge >= 0.3 is 5.97 Å². The van der Waals surface area contributed by atoms with E-state index in [-0.39, 0.29) is 11.0 Å². The molecule has 0 atom stereocenters. The summed E-state index contributed by atoms with van der Waals surface area (Å²) in [7, 11) is 0. The Bertz CT molecular complexity index is 1130. The molecule has 34 heavy (non-hydrogen) atoms. The Labute approximate surface area is 208 Å². The summed E-state index contributed by atoms with van der Waals surface area (Å²) in [5.41, 5.74) is 2.68. The number of carbonyl (C=O) groups excluding carboxylic acids is 3. The van der Waals surface area contributed by atoms with Crippen molar-refractivity contribution in [3.05, 3.63) is 63.0 Å². The summed E-state index contributed by atoms with van der Waals surface area (Å²) in [5.74, 6) is -0.389. The summed E-state index contributed by atoms with van der Waals surface area (Å²) >= 11 is 7.25. The van der Waals surface area contributed by atoms with Gasteiger partial charge in [-0.2, -0.15) is 0 Å². The molecule has 1 fully saturated rings. The monoisotopic (exact) mass is 503 g/mol. The predicted octanol–water partition coefficient (Wildman–Crippen LogP) is 5.61. The number of hydrogen-bond acceptors (Lipinski definition) is 7. The van der Waals surface area contributed by atoms with E-state index < -0.39 is 23.7 Å². The van der Waals surface area contributed by atoms with Gasteiger partial charge in [0.1, 0.15) is 13.2 Å². The fourth-order valence-corrected chi connectivity index (χ4v) is 4.36. The van der Waals surface area contributed by atoms with Crippen LogP contribution in [0.25, 0.3) is 6.08 Å². The molecular weight excluding hydrogens is 478 g/mol. The quantitative estimate of drug-likeness (QED) is 0.324. The Kier molecular flexibility index (Phi) is 8.63. The van der Waals surface area contributed by atoms with E-state index in [1.54, 1.807) is 26.0 Å². The molecule has 7 nitrogen and oxygen atoms in total. The van der Waals surface area contributed by atoms with Crippen molar-refractivity contribution in [2.24, 2.45) is 0 Å². The summed E-state index contributed by atoms with van der Waals surface area (Å²) in [6.07, 6.45) is 1.20. The molecule has 1 saturated heterocycles. The molecule has 1 aliphatic heterocycles. The highest BCUT2D eigenvalue weighted by Crippen LogP contribution is 2.39. The maximum absolute atomic E-state index is 12.7. The SMILES string of the molecule is CCOc1cc(/C=C2/SC(=O)N(CC(=O)OC(C)C)C2=O)cc(Cl)c1OCc1cccc(C)c1. The van der Waals surface area contributed by atoms with E-state index in [1.165, 1.54) is 6.08 Å². The fourth-order valence-electron chi connectivity index (χ4n) is 3.25. The molecule has 1 aliphatic rings. The number of nitrogens with zero attached hydrogens (tertiary/aromatic N) is 1. The third kappa shape index (κ3) is 6.55. The second kappa shape index (κ2) is 11.4. The highest BCUT2D eigenvalue weighted by Gasteiger charge is 2.36. The Balaban J connectivity index is 1.81. The fraction of sp³-hybridized carbons (Fsp3) is 0.320. The Morgan fingerprint density at radius 2 is 1.94 bits per heavy atom. The molecule has 0 aromatic heterocycles. The molecule has 3 rings (SSSR count). The van der Waals surface area contributed by atoms with Crippen molar-refractivity contribution < 1.29 is 28.6 Å². The maximum atomic E-state index is 12.7. The molecule has 2 aromatic rings. The Morgan fingerprint density at radius 1 is 1.18 bits per heavy atom. The number of esters is 1. The van der Waals surface area contributed by atoms with Gasteiger partial charge in [0.15, 0.2) is 11.5 Å². The minimum Gasteiger partial charge on any atom is -0.490 e. The first-order chi connectivity index (χ1) is 16.2. The number of imide groups is 1. The second-order valence-corrected chi connectivity index (χ2v) is 9.25. The van der Waals surface area contributed by atoms with E-state index >= 15 is 0 Å². The van der Waals surface area contributed by atoms with Crippen molar-refractivity contribution in [2.75, 3.05) is 13.2 Å². The molecular formula is C25H26ClNO6S. The number of benzene rings is 2. The van der Waals surface area contributed by atoms with Gasteiger partial charge in [0.05, 0.1) is 22.6 Å². The van der Waals surface area contributed by atoms with Crippen molar-refractivity contribution in [1.29, 1.82) is 0 Å². The molecule has 0 N–H and O–H groups in total. The van der Waals surface area contributed by atoms with Crippen LogP contribution < -0.4 is 9.47 Å². The Morgan fingerprint density at radius 3 is 2.62 bits per heavy atom. The maximum Gasteiger partial charge on any atom is 0.326 e. The number of hydrogen-bond donors (Lipinski definition) is 0. The van der Waals surface area contributed by atoms with Crippen LogP contribution in [-0.4, -0.2) is 41.3 Å². The first-order valence-corrected chi connectivity index (χ1v) is 12.0. The summed E-state index contributed by atoms with van der Waals surface area (Å²) in [5, 5.41) is -0.226. The van der Waals surface area contributed by atoms with E-state index in [9.17, 15) is 14.4 Å². The van der Waals surface area contributed by atoms with Gasteiger partial charge in [-0.25, -0.2) is 0 Å². The lowest BCUT2D eigenvalue weighted by atomic mass is 10.1. The van der Waals surface area contributed by atoms with Gasteiger partial charge in [0.2, 0.25) is 0 Å². The van der Waals surface area contributed by atoms with Gasteiger partial charge in [-0.05, 0) is 68.8 Å². The average molecular weight is 504 g/mol. The van der Waals surface area contributed by atoms with Crippen molar-refractivity contribution in [3.8, 4) is 11.5 Å². The van der Waals surface area contributed by atoms with Crippen LogP contribution in [0.4, 0.5) is 4.79 Å². The zero-order valence-corrected chi connectivity index (χ0v) is 21.0. The van der Waals surface area contributed by atoms with Crippen LogP contribution in [0.3, 0.4) is 0 Å². The topological polar surface area (TPSA) is 82.1 Å². The first kappa shape index (κ1) is 25.6. The van der Waals surface area contributed by atoms with Gasteiger partial charge in [0.25, 0.3) is 11.1 Å². The molecule has 0 unspecified atom stereocenters. The van der Waals surface area contributed by atoms with Crippen LogP contribution in [0.1, 0.15) is 37.5 Å². The molecule has 0 saturated carbocycles. The van der Waals surface area contributed by atoms with Gasteiger partial charge in [-0.3, -0.25) is 19.3 Å². The third-order valence-corrected chi connectivity index (χ3v) is 5.81. The minimum absolute atomic E-state index is 0.175. The van der Waals surface area contributed by atoms with Gasteiger partial charge in [0, 0.05) is 0 Å². The molecule has 180 valence electrons. The van der Waals surface area contributed by atoms with E-state index in [0.717, 1.165) is 27.8 Å². The number of carbonyl (C=O) groups is 3. The zero-order chi connectivity index (χ0) is 24.8. The first-order valence-electron chi connectivity index (χ1n) is 10.8. The highest BCUT2D eigenvalue weighted by molar-refractivity contribution is 8.18. The van der Waals surface area contributed by atoms with Crippen molar-refractivity contribution in [2.45, 2.75) is 40.4 Å². The van der Waals surface area contributed by atoms with Gasteiger partial charge in [-0.1, -0.05) is 41.4 Å². The smallest absolute Gasteiger partial charge is 0.326 e. The van der Waals surface area contributed by atoms with Crippen molar-refractivity contribution in [3.63, 3.8) is 0 Å². The summed E-state index contributed by atoms with van der Waals surface area (Å²) in [6.45, 7) is 7.50. The lowest BCUT2D eigenvalue weighted by Gasteiger charge is -2.15. The molecule has 2 amide bonds. The average Bonchev–Trinajstić information content (AvgIpc) is 3.00. The van der Waals surface area contributed by atoms with Crippen LogP contribution >= 0.6 is 23.4 Å². The van der Waals surface area contributed by atoms with E-state index in [0.29, 0.717) is 35.3 Å². The number of rotatable bonds is 9. The molecule has 2 aromatic carbocycles.